The fourth-order valence-corrected chi connectivity index (χ4v) is 3.70. The molecule has 0 bridgehead atoms. The number of hydrogen-bond acceptors (Lipinski definition) is 7. The van der Waals surface area contributed by atoms with Crippen LogP contribution in [0.15, 0.2) is 48.8 Å². The number of nitrogens with zero attached hydrogens (tertiary/aromatic N) is 5. The fraction of sp³-hybridized carbons (Fsp3) is 0.273. The van der Waals surface area contributed by atoms with Crippen LogP contribution in [0.4, 0.5) is 11.5 Å². The maximum Gasteiger partial charge on any atom is 0.341 e. The van der Waals surface area contributed by atoms with E-state index >= 15 is 0 Å². The Labute approximate surface area is 169 Å². The Morgan fingerprint density at radius 2 is 1.86 bits per heavy atom. The molecular formula is C22H21N5O2. The number of anilines is 2. The highest BCUT2D eigenvalue weighted by Crippen LogP contribution is 2.31. The lowest BCUT2D eigenvalue weighted by Gasteiger charge is -2.38. The first-order chi connectivity index (χ1) is 14.2. The molecule has 1 aliphatic heterocycles. The number of piperazine rings is 1. The first-order valence-corrected chi connectivity index (χ1v) is 9.62. The predicted molar refractivity (Wildman–Crippen MR) is 111 cm³/mol. The van der Waals surface area contributed by atoms with Gasteiger partial charge in [0.15, 0.2) is 0 Å². The number of nitriles is 1. The van der Waals surface area contributed by atoms with Crippen LogP contribution in [-0.4, -0.2) is 48.7 Å². The number of para-hydroxylation sites is 1. The van der Waals surface area contributed by atoms with Crippen LogP contribution in [-0.2, 0) is 4.74 Å². The van der Waals surface area contributed by atoms with Gasteiger partial charge in [0.1, 0.15) is 17.5 Å². The smallest absolute Gasteiger partial charge is 0.341 e. The van der Waals surface area contributed by atoms with Gasteiger partial charge in [-0.05, 0) is 25.1 Å². The number of rotatable bonds is 4. The van der Waals surface area contributed by atoms with E-state index in [-0.39, 0.29) is 5.97 Å². The molecule has 1 aliphatic rings. The molecule has 146 valence electrons. The topological polar surface area (TPSA) is 82.3 Å². The summed E-state index contributed by atoms with van der Waals surface area (Å²) in [7, 11) is 0. The van der Waals surface area contributed by atoms with Gasteiger partial charge in [-0.3, -0.25) is 4.98 Å². The van der Waals surface area contributed by atoms with Gasteiger partial charge in [-0.15, -0.1) is 0 Å². The van der Waals surface area contributed by atoms with Gasteiger partial charge in [0, 0.05) is 44.0 Å². The van der Waals surface area contributed by atoms with Crippen molar-refractivity contribution >= 4 is 28.4 Å². The number of pyridine rings is 2. The molecule has 0 radical (unpaired) electrons. The number of carbonyl (C=O) groups excluding carboxylic acids is 1. The third-order valence-electron chi connectivity index (χ3n) is 5.04. The number of carbonyl (C=O) groups is 1. The van der Waals surface area contributed by atoms with E-state index in [0.717, 1.165) is 16.6 Å². The van der Waals surface area contributed by atoms with Crippen molar-refractivity contribution in [2.45, 2.75) is 6.92 Å². The largest absolute Gasteiger partial charge is 0.462 e. The summed E-state index contributed by atoms with van der Waals surface area (Å²) in [5.74, 6) is 0.347. The average Bonchev–Trinajstić information content (AvgIpc) is 2.78. The maximum absolute atomic E-state index is 12.6. The highest BCUT2D eigenvalue weighted by Gasteiger charge is 2.26. The van der Waals surface area contributed by atoms with E-state index in [4.69, 9.17) is 4.74 Å². The Hall–Kier alpha value is -3.66. The standard InChI is InChI=1S/C22H21N5O2/c1-2-29-22(28)18-15-25-19-8-4-3-7-17(19)20(18)26-10-12-27(13-11-26)21-16(14-23)6-5-9-24-21/h3-9,15H,2,10-13H2,1H3. The van der Waals surface area contributed by atoms with Crippen molar-refractivity contribution < 1.29 is 9.53 Å². The molecule has 0 N–H and O–H groups in total. The molecule has 29 heavy (non-hydrogen) atoms. The SMILES string of the molecule is CCOC(=O)c1cnc2ccccc2c1N1CCN(c2ncccc2C#N)CC1. The highest BCUT2D eigenvalue weighted by molar-refractivity contribution is 6.05. The van der Waals surface area contributed by atoms with Crippen molar-refractivity contribution in [2.75, 3.05) is 42.6 Å². The molecule has 0 saturated carbocycles. The number of hydrogen-bond donors (Lipinski definition) is 0. The van der Waals surface area contributed by atoms with Gasteiger partial charge in [0.25, 0.3) is 0 Å². The molecule has 1 saturated heterocycles. The van der Waals surface area contributed by atoms with Gasteiger partial charge in [0.2, 0.25) is 0 Å². The minimum absolute atomic E-state index is 0.315. The zero-order valence-electron chi connectivity index (χ0n) is 16.2. The number of aromatic nitrogens is 2. The van der Waals surface area contributed by atoms with Gasteiger partial charge in [-0.1, -0.05) is 18.2 Å². The van der Waals surface area contributed by atoms with Crippen LogP contribution in [0.5, 0.6) is 0 Å². The molecule has 0 aliphatic carbocycles. The number of fused-ring (bicyclic) bond motifs is 1. The molecule has 7 nitrogen and oxygen atoms in total. The molecule has 0 spiro atoms. The number of esters is 1. The van der Waals surface area contributed by atoms with E-state index in [9.17, 15) is 10.1 Å². The lowest BCUT2D eigenvalue weighted by Crippen LogP contribution is -2.47. The molecule has 3 aromatic rings. The monoisotopic (exact) mass is 387 g/mol. The summed E-state index contributed by atoms with van der Waals surface area (Å²) in [6.45, 7) is 4.90. The molecule has 0 atom stereocenters. The Kier molecular flexibility index (Phi) is 5.25. The van der Waals surface area contributed by atoms with Crippen molar-refractivity contribution in [1.82, 2.24) is 9.97 Å². The molecule has 0 unspecified atom stereocenters. The molecule has 2 aromatic heterocycles. The molecule has 1 fully saturated rings. The second-order valence-electron chi connectivity index (χ2n) is 6.72. The first-order valence-electron chi connectivity index (χ1n) is 9.62. The third-order valence-corrected chi connectivity index (χ3v) is 5.04. The number of benzene rings is 1. The van der Waals surface area contributed by atoms with Crippen LogP contribution < -0.4 is 9.80 Å². The van der Waals surface area contributed by atoms with Gasteiger partial charge >= 0.3 is 5.97 Å². The first kappa shape index (κ1) is 18.7. The fourth-order valence-electron chi connectivity index (χ4n) is 3.70. The quantitative estimate of drug-likeness (QED) is 0.637. The minimum Gasteiger partial charge on any atom is -0.462 e. The van der Waals surface area contributed by atoms with E-state index in [2.05, 4.69) is 25.8 Å². The van der Waals surface area contributed by atoms with E-state index in [0.29, 0.717) is 49.7 Å². The summed E-state index contributed by atoms with van der Waals surface area (Å²) in [6.07, 6.45) is 3.31. The van der Waals surface area contributed by atoms with E-state index in [1.807, 2.05) is 24.3 Å². The molecule has 3 heterocycles. The van der Waals surface area contributed by atoms with Crippen LogP contribution in [0.25, 0.3) is 10.9 Å². The summed E-state index contributed by atoms with van der Waals surface area (Å²) >= 11 is 0. The van der Waals surface area contributed by atoms with Crippen molar-refractivity contribution in [1.29, 1.82) is 5.26 Å². The van der Waals surface area contributed by atoms with Crippen LogP contribution in [0.3, 0.4) is 0 Å². The van der Waals surface area contributed by atoms with Crippen LogP contribution in [0.1, 0.15) is 22.8 Å². The van der Waals surface area contributed by atoms with Crippen LogP contribution >= 0.6 is 0 Å². The summed E-state index contributed by atoms with van der Waals surface area (Å²) < 4.78 is 5.27. The van der Waals surface area contributed by atoms with Crippen molar-refractivity contribution in [2.24, 2.45) is 0 Å². The Bertz CT molecular complexity index is 1080. The summed E-state index contributed by atoms with van der Waals surface area (Å²) in [6, 6.07) is 13.6. The zero-order chi connectivity index (χ0) is 20.2. The van der Waals surface area contributed by atoms with Crippen molar-refractivity contribution in [3.63, 3.8) is 0 Å². The zero-order valence-corrected chi connectivity index (χ0v) is 16.2. The lowest BCUT2D eigenvalue weighted by molar-refractivity contribution is 0.0527. The molecule has 7 heteroatoms. The maximum atomic E-state index is 12.6. The Morgan fingerprint density at radius 3 is 2.62 bits per heavy atom. The normalized spacial score (nSPS) is 13.9. The summed E-state index contributed by atoms with van der Waals surface area (Å²) in [4.78, 5) is 25.7. The van der Waals surface area contributed by atoms with Crippen LogP contribution in [0, 0.1) is 11.3 Å². The molecule has 1 aromatic carbocycles. The number of ether oxygens (including phenoxy) is 1. The Balaban J connectivity index is 1.66. The molecular weight excluding hydrogens is 366 g/mol. The summed E-state index contributed by atoms with van der Waals surface area (Å²) in [5.41, 5.74) is 2.75. The highest BCUT2D eigenvalue weighted by atomic mass is 16.5. The second kappa shape index (κ2) is 8.15. The third kappa shape index (κ3) is 3.57. The minimum atomic E-state index is -0.361. The second-order valence-corrected chi connectivity index (χ2v) is 6.72. The molecule has 4 rings (SSSR count). The van der Waals surface area contributed by atoms with Gasteiger partial charge in [-0.2, -0.15) is 5.26 Å². The van der Waals surface area contributed by atoms with Crippen LogP contribution in [0.2, 0.25) is 0 Å². The molecule has 0 amide bonds. The van der Waals surface area contributed by atoms with Gasteiger partial charge in [-0.25, -0.2) is 9.78 Å². The van der Waals surface area contributed by atoms with E-state index < -0.39 is 0 Å². The Morgan fingerprint density at radius 1 is 1.10 bits per heavy atom. The summed E-state index contributed by atoms with van der Waals surface area (Å²) in [5, 5.41) is 10.3. The predicted octanol–water partition coefficient (Wildman–Crippen LogP) is 3.00. The van der Waals surface area contributed by atoms with Crippen molar-refractivity contribution in [3.8, 4) is 6.07 Å². The average molecular weight is 387 g/mol. The van der Waals surface area contributed by atoms with E-state index in [1.54, 1.807) is 31.5 Å². The van der Waals surface area contributed by atoms with E-state index in [1.165, 1.54) is 0 Å². The lowest BCUT2D eigenvalue weighted by atomic mass is 10.1. The van der Waals surface area contributed by atoms with Gasteiger partial charge < -0.3 is 14.5 Å². The van der Waals surface area contributed by atoms with Gasteiger partial charge in [0.05, 0.1) is 23.4 Å². The van der Waals surface area contributed by atoms with Crippen molar-refractivity contribution in [3.05, 3.63) is 59.9 Å².